The van der Waals surface area contributed by atoms with Gasteiger partial charge in [0.2, 0.25) is 0 Å². The van der Waals surface area contributed by atoms with Crippen LogP contribution in [0.1, 0.15) is 6.92 Å². The van der Waals surface area contributed by atoms with E-state index >= 15 is 0 Å². The molecule has 2 aliphatic rings. The van der Waals surface area contributed by atoms with Gasteiger partial charge in [0.25, 0.3) is 10.2 Å². The summed E-state index contributed by atoms with van der Waals surface area (Å²) in [6.45, 7) is 5.54. The highest BCUT2D eigenvalue weighted by molar-refractivity contribution is 7.87. The largest absolute Gasteiger partial charge is 0.316 e. The maximum absolute atomic E-state index is 11.7. The molecule has 7 heteroatoms. The van der Waals surface area contributed by atoms with Crippen LogP contribution in [0.2, 0.25) is 0 Å². The third-order valence-corrected chi connectivity index (χ3v) is 4.65. The lowest BCUT2D eigenvalue weighted by molar-refractivity contribution is 0.439. The molecule has 2 rings (SSSR count). The predicted octanol–water partition coefficient (Wildman–Crippen LogP) is -0.586. The zero-order valence-corrected chi connectivity index (χ0v) is 10.4. The fourth-order valence-corrected chi connectivity index (χ4v) is 3.61. The van der Waals surface area contributed by atoms with Crippen molar-refractivity contribution in [1.29, 1.82) is 0 Å². The number of nitrogens with one attached hydrogen (secondary N) is 2. The van der Waals surface area contributed by atoms with E-state index in [4.69, 9.17) is 0 Å². The van der Waals surface area contributed by atoms with Gasteiger partial charge in [-0.15, -0.1) is 12.4 Å². The number of nitrogens with zero attached hydrogens (tertiary/aromatic N) is 1. The van der Waals surface area contributed by atoms with Crippen molar-refractivity contribution < 1.29 is 8.42 Å². The van der Waals surface area contributed by atoms with Gasteiger partial charge in [-0.3, -0.25) is 0 Å². The Balaban J connectivity index is 0.00000112. The van der Waals surface area contributed by atoms with Gasteiger partial charge >= 0.3 is 0 Å². The molecule has 0 radical (unpaired) electrons. The fraction of sp³-hybridized carbons (Fsp3) is 1.00. The normalized spacial score (nSPS) is 31.3. The summed E-state index contributed by atoms with van der Waals surface area (Å²) in [5, 5.41) is 3.29. The van der Waals surface area contributed by atoms with Crippen LogP contribution >= 0.6 is 12.4 Å². The van der Waals surface area contributed by atoms with Crippen LogP contribution in [0, 0.1) is 11.8 Å². The van der Waals surface area contributed by atoms with Crippen molar-refractivity contribution in [3.05, 3.63) is 0 Å². The van der Waals surface area contributed by atoms with Gasteiger partial charge in [-0.25, -0.2) is 4.72 Å². The van der Waals surface area contributed by atoms with Gasteiger partial charge in [0, 0.05) is 19.6 Å². The Morgan fingerprint density at radius 2 is 1.87 bits per heavy atom. The number of fused-ring (bicyclic) bond motifs is 1. The lowest BCUT2D eigenvalue weighted by Gasteiger charge is -2.16. The molecule has 0 bridgehead atoms. The molecular formula is C8H18ClN3O2S. The molecule has 0 aromatic carbocycles. The van der Waals surface area contributed by atoms with Gasteiger partial charge in [-0.2, -0.15) is 12.7 Å². The smallest absolute Gasteiger partial charge is 0.279 e. The minimum atomic E-state index is -3.20. The Hall–Kier alpha value is 0.120. The summed E-state index contributed by atoms with van der Waals surface area (Å²) in [6, 6.07) is 0. The van der Waals surface area contributed by atoms with E-state index in [9.17, 15) is 8.42 Å². The molecule has 2 saturated heterocycles. The van der Waals surface area contributed by atoms with Gasteiger partial charge in [-0.1, -0.05) is 6.92 Å². The second-order valence-corrected chi connectivity index (χ2v) is 5.75. The summed E-state index contributed by atoms with van der Waals surface area (Å²) >= 11 is 0. The lowest BCUT2D eigenvalue weighted by atomic mass is 10.0. The van der Waals surface area contributed by atoms with Crippen molar-refractivity contribution in [3.63, 3.8) is 0 Å². The van der Waals surface area contributed by atoms with Crippen LogP contribution in [0.3, 0.4) is 0 Å². The maximum Gasteiger partial charge on any atom is 0.279 e. The molecule has 2 N–H and O–H groups in total. The molecule has 0 aromatic rings. The first-order chi connectivity index (χ1) is 6.63. The highest BCUT2D eigenvalue weighted by Gasteiger charge is 2.40. The van der Waals surface area contributed by atoms with Crippen LogP contribution in [0.15, 0.2) is 0 Å². The minimum Gasteiger partial charge on any atom is -0.316 e. The summed E-state index contributed by atoms with van der Waals surface area (Å²) in [5.74, 6) is 1.03. The van der Waals surface area contributed by atoms with E-state index in [0.29, 0.717) is 31.5 Å². The number of halogens is 1. The third kappa shape index (κ3) is 2.62. The van der Waals surface area contributed by atoms with E-state index in [1.165, 1.54) is 0 Å². The topological polar surface area (TPSA) is 61.4 Å². The summed E-state index contributed by atoms with van der Waals surface area (Å²) in [4.78, 5) is 0. The monoisotopic (exact) mass is 255 g/mol. The summed E-state index contributed by atoms with van der Waals surface area (Å²) in [7, 11) is -3.20. The molecule has 0 amide bonds. The lowest BCUT2D eigenvalue weighted by Crippen LogP contribution is -2.40. The van der Waals surface area contributed by atoms with E-state index in [1.807, 2.05) is 0 Å². The van der Waals surface area contributed by atoms with Gasteiger partial charge in [0.15, 0.2) is 0 Å². The second-order valence-electron chi connectivity index (χ2n) is 4.00. The Morgan fingerprint density at radius 3 is 2.33 bits per heavy atom. The quantitative estimate of drug-likeness (QED) is 0.709. The molecule has 2 fully saturated rings. The van der Waals surface area contributed by atoms with E-state index in [-0.39, 0.29) is 12.4 Å². The van der Waals surface area contributed by atoms with Crippen molar-refractivity contribution in [2.45, 2.75) is 6.92 Å². The Kier molecular flexibility index (Phi) is 4.37. The van der Waals surface area contributed by atoms with Crippen molar-refractivity contribution in [2.24, 2.45) is 11.8 Å². The van der Waals surface area contributed by atoms with Crippen LogP contribution in [-0.4, -0.2) is 45.4 Å². The molecule has 0 aromatic heterocycles. The summed E-state index contributed by atoms with van der Waals surface area (Å²) in [6.07, 6.45) is 0. The molecule has 5 nitrogen and oxygen atoms in total. The fourth-order valence-electron chi connectivity index (χ4n) is 2.28. The Morgan fingerprint density at radius 1 is 1.33 bits per heavy atom. The maximum atomic E-state index is 11.7. The molecular weight excluding hydrogens is 238 g/mol. The molecule has 2 atom stereocenters. The molecule has 0 spiro atoms. The molecule has 0 unspecified atom stereocenters. The van der Waals surface area contributed by atoms with E-state index in [2.05, 4.69) is 10.0 Å². The first-order valence-electron chi connectivity index (χ1n) is 5.09. The SMILES string of the molecule is CCNS(=O)(=O)N1C[C@H]2CNC[C@H]2C1.Cl. The Labute approximate surface area is 97.2 Å². The second kappa shape index (κ2) is 4.97. The number of hydrogen-bond acceptors (Lipinski definition) is 3. The highest BCUT2D eigenvalue weighted by Crippen LogP contribution is 2.27. The first-order valence-corrected chi connectivity index (χ1v) is 6.53. The standard InChI is InChI=1S/C8H17N3O2S.ClH/c1-2-10-14(12,13)11-5-7-3-9-4-8(7)6-11;/h7-10H,2-6H2,1H3;1H/t7-,8+;. The number of rotatable bonds is 3. The van der Waals surface area contributed by atoms with Gasteiger partial charge in [0.05, 0.1) is 0 Å². The first kappa shape index (κ1) is 13.2. The van der Waals surface area contributed by atoms with Crippen LogP contribution in [-0.2, 0) is 10.2 Å². The Bertz CT molecular complexity index is 297. The molecule has 2 heterocycles. The van der Waals surface area contributed by atoms with Crippen molar-refractivity contribution in [1.82, 2.24) is 14.3 Å². The average Bonchev–Trinajstić information content (AvgIpc) is 2.60. The van der Waals surface area contributed by atoms with Gasteiger partial charge < -0.3 is 5.32 Å². The molecule has 0 saturated carbocycles. The molecule has 90 valence electrons. The zero-order chi connectivity index (χ0) is 10.2. The van der Waals surface area contributed by atoms with Crippen molar-refractivity contribution in [2.75, 3.05) is 32.7 Å². The summed E-state index contributed by atoms with van der Waals surface area (Å²) in [5.41, 5.74) is 0. The molecule has 2 aliphatic heterocycles. The van der Waals surface area contributed by atoms with Crippen LogP contribution in [0.5, 0.6) is 0 Å². The van der Waals surface area contributed by atoms with Crippen LogP contribution < -0.4 is 10.0 Å². The van der Waals surface area contributed by atoms with E-state index < -0.39 is 10.2 Å². The third-order valence-electron chi connectivity index (χ3n) is 3.02. The highest BCUT2D eigenvalue weighted by atomic mass is 35.5. The van der Waals surface area contributed by atoms with E-state index in [0.717, 1.165) is 13.1 Å². The summed E-state index contributed by atoms with van der Waals surface area (Å²) < 4.78 is 27.4. The van der Waals surface area contributed by atoms with Crippen molar-refractivity contribution >= 4 is 22.6 Å². The average molecular weight is 256 g/mol. The van der Waals surface area contributed by atoms with Crippen LogP contribution in [0.4, 0.5) is 0 Å². The van der Waals surface area contributed by atoms with E-state index in [1.54, 1.807) is 11.2 Å². The number of hydrogen-bond donors (Lipinski definition) is 2. The molecule has 15 heavy (non-hydrogen) atoms. The zero-order valence-electron chi connectivity index (χ0n) is 8.77. The van der Waals surface area contributed by atoms with Crippen LogP contribution in [0.25, 0.3) is 0 Å². The van der Waals surface area contributed by atoms with Gasteiger partial charge in [-0.05, 0) is 24.9 Å². The predicted molar refractivity (Wildman–Crippen MR) is 61.3 cm³/mol. The minimum absolute atomic E-state index is 0. The molecule has 0 aliphatic carbocycles. The van der Waals surface area contributed by atoms with Crippen molar-refractivity contribution in [3.8, 4) is 0 Å². The van der Waals surface area contributed by atoms with Gasteiger partial charge in [0.1, 0.15) is 0 Å².